The van der Waals surface area contributed by atoms with Crippen LogP contribution < -0.4 is 15.8 Å². The van der Waals surface area contributed by atoms with Crippen molar-refractivity contribution < 1.29 is 82.6 Å². The van der Waals surface area contributed by atoms with E-state index >= 15 is 0 Å². The minimum absolute atomic E-state index is 0.0117. The quantitative estimate of drug-likeness (QED) is 0.0703. The summed E-state index contributed by atoms with van der Waals surface area (Å²) in [5, 5.41) is 67.1. The number of carboxylic acids is 1. The number of carbonyl (C=O) groups excluding carboxylic acids is 2. The minimum atomic E-state index is -1.98. The number of pyridine rings is 1. The number of benzene rings is 1. The lowest BCUT2D eigenvalue weighted by Gasteiger charge is -2.49. The zero-order chi connectivity index (χ0) is 59.1. The van der Waals surface area contributed by atoms with E-state index in [2.05, 4.69) is 10.5 Å². The number of likely N-dealkylation sites (N-methyl/N-ethyl adjacent to an activating group) is 1. The maximum Gasteiger partial charge on any atom is 0.407 e. The number of aryl methyl sites for hydroxylation is 1. The molecule has 6 N–H and O–H groups in total. The highest BCUT2D eigenvalue weighted by molar-refractivity contribution is 5.93. The monoisotopic (exact) mass is 1120 g/mol. The van der Waals surface area contributed by atoms with E-state index in [1.54, 1.807) is 84.4 Å². The Hall–Kier alpha value is -4.53. The summed E-state index contributed by atoms with van der Waals surface area (Å²) in [7, 11) is 10.0. The number of carboxylic acid groups (broad SMARTS) is 1. The van der Waals surface area contributed by atoms with Crippen molar-refractivity contribution in [3.8, 4) is 0 Å². The van der Waals surface area contributed by atoms with Gasteiger partial charge in [0, 0.05) is 76.2 Å². The highest BCUT2D eigenvalue weighted by Crippen LogP contribution is 2.42. The Labute approximate surface area is 464 Å². The molecule has 448 valence electrons. The summed E-state index contributed by atoms with van der Waals surface area (Å²) in [5.41, 5.74) is -4.14. The molecule has 0 unspecified atom stereocenters. The average molecular weight is 1120 g/mol. The fourth-order valence-electron chi connectivity index (χ4n) is 11.8. The standard InChI is InChI=1S/C56H91N5O18/c1-17-41-56(10,70)47(64)32(4)43(58-72-16)30(2)27-54(8,69)48(78-52-45(63)40(59(11)12)25-31(3)74-52)33(5)46(34(6)51(67)76-41)77-42-28-55(9,71-15)49(35(7)75-42)79-53(68)57-22-24-73-23-18-19-36-20-21-39-37(26-36)44(62)38(50(65)66)29-61(39)60(13)14/h20-21,26,29-35,40-42,45-49,52,63-64,69-70H,17-19,22-25,27-28H2,1-16H3,(H,57,68)(H,65,66)/b58-43+/t30-,31-,32-,33+,34-,35+,40+,41-,42+,45-,46+,47-,48-,49+,52+,54-,55-,56-/m1/s1. The first-order chi connectivity index (χ1) is 36.9. The number of methoxy groups -OCH3 is 1. The number of carbonyl (C=O) groups is 3. The van der Waals surface area contributed by atoms with Gasteiger partial charge in [-0.05, 0) is 105 Å². The van der Waals surface area contributed by atoms with Gasteiger partial charge in [0.25, 0.3) is 0 Å². The van der Waals surface area contributed by atoms with Crippen molar-refractivity contribution in [1.82, 2.24) is 14.9 Å². The van der Waals surface area contributed by atoms with Crippen molar-refractivity contribution in [2.24, 2.45) is 28.8 Å². The third-order valence-electron chi connectivity index (χ3n) is 16.2. The number of hydrogen-bond acceptors (Lipinski definition) is 20. The molecule has 1 amide bonds. The van der Waals surface area contributed by atoms with Crippen LogP contribution in [0.1, 0.15) is 117 Å². The molecule has 4 heterocycles. The molecule has 3 aliphatic heterocycles. The summed E-state index contributed by atoms with van der Waals surface area (Å²) < 4.78 is 52.0. The number of hydrogen-bond donors (Lipinski definition) is 6. The van der Waals surface area contributed by atoms with Gasteiger partial charge in [0.1, 0.15) is 36.1 Å². The maximum atomic E-state index is 14.6. The maximum absolute atomic E-state index is 14.6. The lowest BCUT2D eigenvalue weighted by molar-refractivity contribution is -0.317. The highest BCUT2D eigenvalue weighted by atomic mass is 16.7. The molecule has 3 aliphatic rings. The predicted octanol–water partition coefficient (Wildman–Crippen LogP) is 3.81. The van der Waals surface area contributed by atoms with Crippen molar-refractivity contribution in [3.63, 3.8) is 0 Å². The summed E-state index contributed by atoms with van der Waals surface area (Å²) in [6.45, 7) is 17.5. The molecule has 0 bridgehead atoms. The van der Waals surface area contributed by atoms with E-state index in [9.17, 15) is 44.7 Å². The zero-order valence-electron chi connectivity index (χ0n) is 49.2. The molecule has 0 saturated carbocycles. The van der Waals surface area contributed by atoms with Gasteiger partial charge >= 0.3 is 18.0 Å². The largest absolute Gasteiger partial charge is 0.477 e. The summed E-state index contributed by atoms with van der Waals surface area (Å²) in [5.74, 6) is -5.59. The van der Waals surface area contributed by atoms with Crippen molar-refractivity contribution >= 4 is 34.6 Å². The molecule has 18 atom stereocenters. The van der Waals surface area contributed by atoms with Crippen molar-refractivity contribution in [2.75, 3.05) is 67.2 Å². The molecule has 3 fully saturated rings. The normalized spacial score (nSPS) is 36.6. The molecule has 23 heteroatoms. The summed E-state index contributed by atoms with van der Waals surface area (Å²) >= 11 is 0. The Bertz CT molecular complexity index is 2450. The van der Waals surface area contributed by atoms with Gasteiger partial charge in [-0.15, -0.1) is 0 Å². The first-order valence-electron chi connectivity index (χ1n) is 27.5. The number of nitrogens with zero attached hydrogens (tertiary/aromatic N) is 4. The minimum Gasteiger partial charge on any atom is -0.477 e. The van der Waals surface area contributed by atoms with Gasteiger partial charge in [-0.25, -0.2) is 9.59 Å². The van der Waals surface area contributed by atoms with Crippen LogP contribution in [0.5, 0.6) is 0 Å². The van der Waals surface area contributed by atoms with Crippen LogP contribution in [0.15, 0.2) is 34.3 Å². The van der Waals surface area contributed by atoms with Gasteiger partial charge in [0.2, 0.25) is 5.43 Å². The fraction of sp³-hybridized carbons (Fsp3) is 0.768. The number of fused-ring (bicyclic) bond motifs is 1. The number of nitrogens with one attached hydrogen (secondary N) is 1. The number of esters is 1. The Morgan fingerprint density at radius 2 is 1.61 bits per heavy atom. The molecular formula is C56H91N5O18. The van der Waals surface area contributed by atoms with Gasteiger partial charge in [0.15, 0.2) is 18.7 Å². The molecule has 1 aromatic carbocycles. The molecule has 5 rings (SSSR count). The van der Waals surface area contributed by atoms with Gasteiger partial charge in [-0.3, -0.25) is 14.3 Å². The van der Waals surface area contributed by atoms with Crippen molar-refractivity contribution in [3.05, 3.63) is 45.7 Å². The number of cyclic esters (lactones) is 1. The van der Waals surface area contributed by atoms with Crippen molar-refractivity contribution in [1.29, 1.82) is 0 Å². The van der Waals surface area contributed by atoms with Gasteiger partial charge < -0.3 is 83.5 Å². The number of oxime groups is 1. The Kier molecular flexibility index (Phi) is 22.7. The number of aliphatic hydroxyl groups is 4. The van der Waals surface area contributed by atoms with Crippen LogP contribution in [-0.4, -0.2) is 205 Å². The first-order valence-corrected chi connectivity index (χ1v) is 27.5. The third-order valence-corrected chi connectivity index (χ3v) is 16.2. The lowest BCUT2D eigenvalue weighted by Crippen LogP contribution is -2.61. The Morgan fingerprint density at radius 1 is 0.924 bits per heavy atom. The molecule has 23 nitrogen and oxygen atoms in total. The van der Waals surface area contributed by atoms with E-state index in [-0.39, 0.29) is 50.1 Å². The van der Waals surface area contributed by atoms with Crippen molar-refractivity contribution in [2.45, 2.75) is 192 Å². The van der Waals surface area contributed by atoms with E-state index in [1.165, 1.54) is 27.3 Å². The van der Waals surface area contributed by atoms with Crippen LogP contribution in [0, 0.1) is 23.7 Å². The number of amides is 1. The van der Waals surface area contributed by atoms with Crippen LogP contribution in [0.2, 0.25) is 0 Å². The number of aromatic carboxylic acids is 1. The molecule has 2 aromatic rings. The summed E-state index contributed by atoms with van der Waals surface area (Å²) in [4.78, 5) is 59.9. The molecule has 1 aromatic heterocycles. The van der Waals surface area contributed by atoms with Crippen LogP contribution in [0.3, 0.4) is 0 Å². The summed E-state index contributed by atoms with van der Waals surface area (Å²) in [6, 6.07) is 5.01. The van der Waals surface area contributed by atoms with E-state index in [0.717, 1.165) is 5.56 Å². The van der Waals surface area contributed by atoms with Gasteiger partial charge in [-0.2, -0.15) is 0 Å². The second-order valence-electron chi connectivity index (χ2n) is 23.0. The number of alkyl carbamates (subject to hydrolysis) is 1. The second kappa shape index (κ2) is 27.5. The third kappa shape index (κ3) is 15.3. The van der Waals surface area contributed by atoms with E-state index in [4.69, 9.17) is 42.7 Å². The zero-order valence-corrected chi connectivity index (χ0v) is 49.2. The van der Waals surface area contributed by atoms with E-state index in [1.807, 2.05) is 38.9 Å². The predicted molar refractivity (Wildman–Crippen MR) is 292 cm³/mol. The molecule has 0 radical (unpaired) electrons. The molecular weight excluding hydrogens is 1030 g/mol. The highest BCUT2D eigenvalue weighted by Gasteiger charge is 2.54. The first kappa shape index (κ1) is 65.3. The van der Waals surface area contributed by atoms with Gasteiger partial charge in [0.05, 0.1) is 59.9 Å². The van der Waals surface area contributed by atoms with E-state index < -0.39 is 119 Å². The van der Waals surface area contributed by atoms with Crippen LogP contribution in [-0.2, 0) is 53.9 Å². The van der Waals surface area contributed by atoms with Crippen LogP contribution >= 0.6 is 0 Å². The number of ether oxygens (including phenoxy) is 8. The van der Waals surface area contributed by atoms with Gasteiger partial charge in [-0.1, -0.05) is 38.9 Å². The molecule has 3 saturated heterocycles. The Morgan fingerprint density at radius 3 is 2.22 bits per heavy atom. The average Bonchev–Trinajstić information content (AvgIpc) is 3.42. The lowest BCUT2D eigenvalue weighted by atomic mass is 9.73. The second-order valence-corrected chi connectivity index (χ2v) is 23.0. The molecule has 0 spiro atoms. The summed E-state index contributed by atoms with van der Waals surface area (Å²) in [6.07, 6.45) is -8.50. The number of rotatable bonds is 18. The number of aliphatic hydroxyl groups excluding tert-OH is 2. The smallest absolute Gasteiger partial charge is 0.407 e. The Balaban J connectivity index is 1.33. The fourth-order valence-corrected chi connectivity index (χ4v) is 11.8. The SMILES string of the molecule is CC[C@H]1OC(=O)[C@H](C)[C@@H](O[C@H]2C[C@@](C)(OC)[C@@H](OC(=O)NCCOCCCc3ccc4c(c3)c(=O)c(C(=O)O)cn4N(C)C)[C@H](C)O2)[C@H](C)[C@@H](O[C@@H]2O[C@H](C)C[C@H](N(C)C)[C@H]2O)[C@](C)(O)C[C@@H](C)/C(=N\OC)[C@@H](C)[C@@H](O)[C@]1(C)O. The molecule has 0 aliphatic carbocycles. The number of aromatic nitrogens is 1. The topological polar surface area (TPSA) is 288 Å². The van der Waals surface area contributed by atoms with Crippen LogP contribution in [0.4, 0.5) is 4.79 Å². The van der Waals surface area contributed by atoms with Crippen LogP contribution in [0.25, 0.3) is 10.9 Å². The van der Waals surface area contributed by atoms with E-state index in [0.29, 0.717) is 42.5 Å². The molecule has 79 heavy (non-hydrogen) atoms.